The lowest BCUT2D eigenvalue weighted by atomic mass is 9.99. The molecule has 1 aliphatic carbocycles. The molecule has 0 aromatic carbocycles. The second-order valence-corrected chi connectivity index (χ2v) is 3.85. The summed E-state index contributed by atoms with van der Waals surface area (Å²) in [6.07, 6.45) is 6.13. The summed E-state index contributed by atoms with van der Waals surface area (Å²) in [5.41, 5.74) is 0.498. The number of carbonyl (C=O) groups is 1. The van der Waals surface area contributed by atoms with Crippen LogP contribution in [-0.4, -0.2) is 11.5 Å². The van der Waals surface area contributed by atoms with Crippen molar-refractivity contribution in [2.45, 2.75) is 45.4 Å². The van der Waals surface area contributed by atoms with Crippen molar-refractivity contribution in [1.82, 2.24) is 0 Å². The van der Waals surface area contributed by atoms with Crippen LogP contribution in [0.5, 0.6) is 0 Å². The fourth-order valence-corrected chi connectivity index (χ4v) is 1.90. The zero-order valence-electron chi connectivity index (χ0n) is 7.73. The molecule has 2 nitrogen and oxygen atoms in total. The molecule has 68 valence electrons. The maximum Gasteiger partial charge on any atom is 0.138 e. The lowest BCUT2D eigenvalue weighted by Gasteiger charge is -2.06. The summed E-state index contributed by atoms with van der Waals surface area (Å²) in [6, 6.07) is 0. The van der Waals surface area contributed by atoms with Gasteiger partial charge in [0.05, 0.1) is 0 Å². The molecule has 0 radical (unpaired) electrons. The van der Waals surface area contributed by atoms with Crippen molar-refractivity contribution in [2.75, 3.05) is 0 Å². The van der Waals surface area contributed by atoms with Crippen molar-refractivity contribution in [2.24, 2.45) is 5.92 Å². The first kappa shape index (κ1) is 9.43. The molecule has 2 heteroatoms. The van der Waals surface area contributed by atoms with Crippen molar-refractivity contribution >= 4 is 11.5 Å². The smallest absolute Gasteiger partial charge is 0.138 e. The maximum atomic E-state index is 11.3. The van der Waals surface area contributed by atoms with Gasteiger partial charge in [0.25, 0.3) is 0 Å². The van der Waals surface area contributed by atoms with Gasteiger partial charge in [-0.05, 0) is 12.8 Å². The van der Waals surface area contributed by atoms with Crippen LogP contribution in [-0.2, 0) is 4.79 Å². The Morgan fingerprint density at radius 1 is 1.42 bits per heavy atom. The monoisotopic (exact) mass is 167 g/mol. The number of hydrogen-bond donors (Lipinski definition) is 1. The van der Waals surface area contributed by atoms with Crippen LogP contribution in [0.25, 0.3) is 0 Å². The van der Waals surface area contributed by atoms with Crippen molar-refractivity contribution < 1.29 is 4.79 Å². The first-order valence-corrected chi connectivity index (χ1v) is 4.74. The molecular formula is C10H17NO. The van der Waals surface area contributed by atoms with Crippen LogP contribution in [0.4, 0.5) is 0 Å². The van der Waals surface area contributed by atoms with E-state index in [1.165, 1.54) is 25.7 Å². The Bertz CT molecular complexity index is 180. The van der Waals surface area contributed by atoms with Gasteiger partial charge in [0.15, 0.2) is 0 Å². The zero-order chi connectivity index (χ0) is 8.97. The average molecular weight is 167 g/mol. The highest BCUT2D eigenvalue weighted by Crippen LogP contribution is 2.27. The summed E-state index contributed by atoms with van der Waals surface area (Å²) in [5.74, 6) is 0.895. The van der Waals surface area contributed by atoms with Gasteiger partial charge in [0, 0.05) is 18.6 Å². The fourth-order valence-electron chi connectivity index (χ4n) is 1.90. The second kappa shape index (κ2) is 4.39. The lowest BCUT2D eigenvalue weighted by Crippen LogP contribution is -2.08. The average Bonchev–Trinajstić information content (AvgIpc) is 2.37. The molecule has 0 aliphatic heterocycles. The summed E-state index contributed by atoms with van der Waals surface area (Å²) in [5, 5.41) is 7.18. The number of Topliss-reactive ketones (excluding diaryl/α,β-unsaturated/α-hetero) is 1. The Hall–Kier alpha value is -0.660. The number of rotatable bonds is 4. The fraction of sp³-hybridized carbons (Fsp3) is 0.800. The third-order valence-electron chi connectivity index (χ3n) is 2.45. The van der Waals surface area contributed by atoms with Gasteiger partial charge < -0.3 is 5.41 Å². The lowest BCUT2D eigenvalue weighted by molar-refractivity contribution is -0.118. The minimum Gasteiger partial charge on any atom is -0.310 e. The van der Waals surface area contributed by atoms with E-state index in [0.29, 0.717) is 18.1 Å². The number of hydrogen-bond acceptors (Lipinski definition) is 2. The third kappa shape index (κ3) is 3.16. The minimum atomic E-state index is 0.259. The Morgan fingerprint density at radius 2 is 2.00 bits per heavy atom. The predicted molar refractivity (Wildman–Crippen MR) is 49.6 cm³/mol. The van der Waals surface area contributed by atoms with Crippen LogP contribution in [0.3, 0.4) is 0 Å². The molecule has 1 saturated carbocycles. The molecule has 1 N–H and O–H groups in total. The molecule has 0 saturated heterocycles. The van der Waals surface area contributed by atoms with Crippen LogP contribution >= 0.6 is 0 Å². The number of ketones is 1. The molecular weight excluding hydrogens is 150 g/mol. The van der Waals surface area contributed by atoms with Gasteiger partial charge in [0.2, 0.25) is 0 Å². The first-order chi connectivity index (χ1) is 5.68. The van der Waals surface area contributed by atoms with E-state index in [9.17, 15) is 4.79 Å². The number of nitrogens with one attached hydrogen (secondary N) is 1. The van der Waals surface area contributed by atoms with Crippen molar-refractivity contribution in [3.63, 3.8) is 0 Å². The van der Waals surface area contributed by atoms with Crippen LogP contribution in [0.2, 0.25) is 0 Å². The van der Waals surface area contributed by atoms with E-state index in [1.54, 1.807) is 6.92 Å². The molecule has 1 aliphatic rings. The third-order valence-corrected chi connectivity index (χ3v) is 2.45. The zero-order valence-corrected chi connectivity index (χ0v) is 7.73. The molecule has 0 aromatic rings. The van der Waals surface area contributed by atoms with Crippen LogP contribution in [0.15, 0.2) is 0 Å². The van der Waals surface area contributed by atoms with Crippen LogP contribution < -0.4 is 0 Å². The van der Waals surface area contributed by atoms with E-state index in [4.69, 9.17) is 5.41 Å². The van der Waals surface area contributed by atoms with Gasteiger partial charge in [-0.3, -0.25) is 4.79 Å². The first-order valence-electron chi connectivity index (χ1n) is 4.74. The van der Waals surface area contributed by atoms with Crippen molar-refractivity contribution in [3.8, 4) is 0 Å². The highest BCUT2D eigenvalue weighted by molar-refractivity contribution is 5.99. The molecule has 0 aromatic heterocycles. The van der Waals surface area contributed by atoms with Gasteiger partial charge in [-0.2, -0.15) is 0 Å². The topological polar surface area (TPSA) is 40.9 Å². The van der Waals surface area contributed by atoms with Gasteiger partial charge in [-0.25, -0.2) is 0 Å². The Labute approximate surface area is 73.9 Å². The normalized spacial score (nSPS) is 18.1. The molecule has 0 atom stereocenters. The van der Waals surface area contributed by atoms with Gasteiger partial charge in [0.1, 0.15) is 5.78 Å². The van der Waals surface area contributed by atoms with Crippen molar-refractivity contribution in [1.29, 1.82) is 5.41 Å². The largest absolute Gasteiger partial charge is 0.310 e. The van der Waals surface area contributed by atoms with Gasteiger partial charge in [-0.15, -0.1) is 0 Å². The summed E-state index contributed by atoms with van der Waals surface area (Å²) >= 11 is 0. The molecule has 12 heavy (non-hydrogen) atoms. The van der Waals surface area contributed by atoms with E-state index < -0.39 is 0 Å². The SMILES string of the molecule is CC(=N)CC(=O)CC1CCCC1. The molecule has 0 unspecified atom stereocenters. The summed E-state index contributed by atoms with van der Waals surface area (Å²) < 4.78 is 0. The summed E-state index contributed by atoms with van der Waals surface area (Å²) in [6.45, 7) is 1.70. The van der Waals surface area contributed by atoms with E-state index in [-0.39, 0.29) is 5.78 Å². The van der Waals surface area contributed by atoms with Gasteiger partial charge in [-0.1, -0.05) is 25.7 Å². The van der Waals surface area contributed by atoms with Crippen molar-refractivity contribution in [3.05, 3.63) is 0 Å². The molecule has 0 bridgehead atoms. The van der Waals surface area contributed by atoms with Crippen LogP contribution in [0.1, 0.15) is 45.4 Å². The summed E-state index contributed by atoms with van der Waals surface area (Å²) in [7, 11) is 0. The molecule has 0 amide bonds. The van der Waals surface area contributed by atoms with Crippen LogP contribution in [0, 0.1) is 11.3 Å². The predicted octanol–water partition coefficient (Wildman–Crippen LogP) is 2.57. The highest BCUT2D eigenvalue weighted by Gasteiger charge is 2.18. The molecule has 0 heterocycles. The Balaban J connectivity index is 2.20. The molecule has 0 spiro atoms. The number of carbonyl (C=O) groups excluding carboxylic acids is 1. The molecule has 1 rings (SSSR count). The van der Waals surface area contributed by atoms with Gasteiger partial charge >= 0.3 is 0 Å². The quantitative estimate of drug-likeness (QED) is 0.642. The van der Waals surface area contributed by atoms with E-state index >= 15 is 0 Å². The Kier molecular flexibility index (Phi) is 3.45. The standard InChI is InChI=1S/C10H17NO/c1-8(11)6-10(12)7-9-4-2-3-5-9/h9,11H,2-7H2,1H3. The highest BCUT2D eigenvalue weighted by atomic mass is 16.1. The minimum absolute atomic E-state index is 0.259. The maximum absolute atomic E-state index is 11.3. The summed E-state index contributed by atoms with van der Waals surface area (Å²) in [4.78, 5) is 11.3. The van der Waals surface area contributed by atoms with E-state index in [2.05, 4.69) is 0 Å². The second-order valence-electron chi connectivity index (χ2n) is 3.85. The molecule has 1 fully saturated rings. The Morgan fingerprint density at radius 3 is 2.50 bits per heavy atom. The van der Waals surface area contributed by atoms with E-state index in [0.717, 1.165) is 6.42 Å². The van der Waals surface area contributed by atoms with E-state index in [1.807, 2.05) is 0 Å².